The molecule has 1 heterocycles. The van der Waals surface area contributed by atoms with Gasteiger partial charge in [-0.3, -0.25) is 0 Å². The lowest BCUT2D eigenvalue weighted by Crippen LogP contribution is -2.37. The van der Waals surface area contributed by atoms with E-state index in [4.69, 9.17) is 0 Å². The number of nitrogens with one attached hydrogen (secondary N) is 1. The first kappa shape index (κ1) is 13.9. The third-order valence-electron chi connectivity index (χ3n) is 2.71. The summed E-state index contributed by atoms with van der Waals surface area (Å²) in [5, 5.41) is -0.227. The van der Waals surface area contributed by atoms with Crippen LogP contribution in [0.3, 0.4) is 0 Å². The molecule has 0 bridgehead atoms. The van der Waals surface area contributed by atoms with Crippen LogP contribution in [0.1, 0.15) is 34.1 Å². The molecule has 1 fully saturated rings. The molecular formula is C11H24N2O2S. The molecule has 1 saturated heterocycles. The Morgan fingerprint density at radius 2 is 2.00 bits per heavy atom. The second kappa shape index (κ2) is 5.02. The summed E-state index contributed by atoms with van der Waals surface area (Å²) in [5.41, 5.74) is 0.233. The van der Waals surface area contributed by atoms with Gasteiger partial charge in [0.2, 0.25) is 10.0 Å². The molecule has 0 amide bonds. The van der Waals surface area contributed by atoms with Crippen LogP contribution in [-0.4, -0.2) is 44.7 Å². The fourth-order valence-electron chi connectivity index (χ4n) is 2.18. The monoisotopic (exact) mass is 248 g/mol. The highest BCUT2D eigenvalue weighted by Crippen LogP contribution is 2.21. The van der Waals surface area contributed by atoms with Gasteiger partial charge in [0, 0.05) is 19.6 Å². The average molecular weight is 248 g/mol. The van der Waals surface area contributed by atoms with Gasteiger partial charge in [-0.05, 0) is 18.4 Å². The second-order valence-electron chi connectivity index (χ2n) is 5.75. The van der Waals surface area contributed by atoms with Gasteiger partial charge in [-0.2, -0.15) is 0 Å². The number of hydrogen-bond donors (Lipinski definition) is 1. The summed E-state index contributed by atoms with van der Waals surface area (Å²) in [6, 6.07) is 0. The molecule has 0 aromatic heterocycles. The van der Waals surface area contributed by atoms with Crippen LogP contribution in [0.2, 0.25) is 0 Å². The zero-order valence-corrected chi connectivity index (χ0v) is 11.6. The lowest BCUT2D eigenvalue weighted by Gasteiger charge is -2.26. The predicted octanol–water partition coefficient (Wildman–Crippen LogP) is 1.05. The smallest absolute Gasteiger partial charge is 0.215 e. The van der Waals surface area contributed by atoms with Crippen molar-refractivity contribution in [3.63, 3.8) is 0 Å². The van der Waals surface area contributed by atoms with E-state index in [1.807, 2.05) is 6.92 Å². The number of sulfonamides is 1. The molecule has 0 aromatic rings. The van der Waals surface area contributed by atoms with Crippen LogP contribution in [0, 0.1) is 5.41 Å². The third-order valence-corrected chi connectivity index (χ3v) is 4.66. The zero-order valence-electron chi connectivity index (χ0n) is 10.8. The summed E-state index contributed by atoms with van der Waals surface area (Å²) in [5.74, 6) is 0. The number of nitrogens with zero attached hydrogens (tertiary/aromatic N) is 1. The van der Waals surface area contributed by atoms with Crippen molar-refractivity contribution in [3.05, 3.63) is 0 Å². The van der Waals surface area contributed by atoms with E-state index in [0.29, 0.717) is 13.1 Å². The maximum atomic E-state index is 11.8. The maximum absolute atomic E-state index is 11.8. The van der Waals surface area contributed by atoms with Crippen molar-refractivity contribution in [3.8, 4) is 0 Å². The molecule has 1 N–H and O–H groups in total. The molecule has 16 heavy (non-hydrogen) atoms. The molecule has 0 unspecified atom stereocenters. The SMILES string of the molecule is CCNS(=O)(=O)[C@H]1CCN(CC(C)(C)C)C1. The third kappa shape index (κ3) is 4.03. The van der Waals surface area contributed by atoms with Gasteiger partial charge in [0.25, 0.3) is 0 Å². The number of rotatable bonds is 4. The van der Waals surface area contributed by atoms with E-state index in [0.717, 1.165) is 19.5 Å². The Morgan fingerprint density at radius 1 is 1.38 bits per heavy atom. The highest BCUT2D eigenvalue weighted by Gasteiger charge is 2.33. The Kier molecular flexibility index (Phi) is 4.37. The van der Waals surface area contributed by atoms with Crippen LogP contribution in [0.25, 0.3) is 0 Å². The van der Waals surface area contributed by atoms with Crippen LogP contribution >= 0.6 is 0 Å². The Labute approximate surface area is 99.5 Å². The Balaban J connectivity index is 2.53. The molecule has 96 valence electrons. The highest BCUT2D eigenvalue weighted by atomic mass is 32.2. The molecule has 5 heteroatoms. The van der Waals surface area contributed by atoms with Gasteiger partial charge in [-0.25, -0.2) is 13.1 Å². The fourth-order valence-corrected chi connectivity index (χ4v) is 3.64. The molecule has 1 atom stereocenters. The first-order valence-electron chi connectivity index (χ1n) is 5.95. The quantitative estimate of drug-likeness (QED) is 0.809. The molecule has 1 rings (SSSR count). The minimum absolute atomic E-state index is 0.227. The number of likely N-dealkylation sites (tertiary alicyclic amines) is 1. The molecule has 0 spiro atoms. The van der Waals surface area contributed by atoms with E-state index in [1.54, 1.807) is 0 Å². The molecule has 0 aromatic carbocycles. The van der Waals surface area contributed by atoms with Crippen molar-refractivity contribution in [2.75, 3.05) is 26.2 Å². The van der Waals surface area contributed by atoms with E-state index < -0.39 is 10.0 Å². The van der Waals surface area contributed by atoms with Crippen molar-refractivity contribution >= 4 is 10.0 Å². The van der Waals surface area contributed by atoms with Gasteiger partial charge in [-0.15, -0.1) is 0 Å². The minimum Gasteiger partial charge on any atom is -0.301 e. The second-order valence-corrected chi connectivity index (χ2v) is 7.79. The van der Waals surface area contributed by atoms with Crippen molar-refractivity contribution in [1.29, 1.82) is 0 Å². The first-order valence-corrected chi connectivity index (χ1v) is 7.50. The molecule has 4 nitrogen and oxygen atoms in total. The largest absolute Gasteiger partial charge is 0.301 e. The van der Waals surface area contributed by atoms with E-state index in [9.17, 15) is 8.42 Å². The van der Waals surface area contributed by atoms with E-state index in [1.165, 1.54) is 0 Å². The van der Waals surface area contributed by atoms with Gasteiger partial charge < -0.3 is 4.90 Å². The van der Waals surface area contributed by atoms with E-state index in [2.05, 4.69) is 30.4 Å². The van der Waals surface area contributed by atoms with E-state index >= 15 is 0 Å². The summed E-state index contributed by atoms with van der Waals surface area (Å²) >= 11 is 0. The van der Waals surface area contributed by atoms with Gasteiger partial charge >= 0.3 is 0 Å². The van der Waals surface area contributed by atoms with Crippen LogP contribution in [0.5, 0.6) is 0 Å². The van der Waals surface area contributed by atoms with Crippen LogP contribution in [-0.2, 0) is 10.0 Å². The average Bonchev–Trinajstić information content (AvgIpc) is 2.49. The Bertz CT molecular complexity index is 319. The minimum atomic E-state index is -3.09. The van der Waals surface area contributed by atoms with Gasteiger partial charge in [-0.1, -0.05) is 27.7 Å². The van der Waals surface area contributed by atoms with Crippen molar-refractivity contribution in [2.24, 2.45) is 5.41 Å². The summed E-state index contributed by atoms with van der Waals surface area (Å²) in [4.78, 5) is 2.25. The lowest BCUT2D eigenvalue weighted by molar-refractivity contribution is 0.227. The normalized spacial score (nSPS) is 23.9. The summed E-state index contributed by atoms with van der Waals surface area (Å²) < 4.78 is 26.2. The Morgan fingerprint density at radius 3 is 2.50 bits per heavy atom. The molecule has 1 aliphatic rings. The highest BCUT2D eigenvalue weighted by molar-refractivity contribution is 7.90. The van der Waals surface area contributed by atoms with Gasteiger partial charge in [0.05, 0.1) is 5.25 Å². The predicted molar refractivity (Wildman–Crippen MR) is 66.9 cm³/mol. The first-order chi connectivity index (χ1) is 7.24. The van der Waals surface area contributed by atoms with Crippen molar-refractivity contribution in [2.45, 2.75) is 39.4 Å². The maximum Gasteiger partial charge on any atom is 0.215 e. The lowest BCUT2D eigenvalue weighted by atomic mass is 9.96. The summed E-state index contributed by atoms with van der Waals surface area (Å²) in [6.45, 7) is 11.4. The molecule has 0 saturated carbocycles. The van der Waals surface area contributed by atoms with Crippen LogP contribution in [0.4, 0.5) is 0 Å². The summed E-state index contributed by atoms with van der Waals surface area (Å²) in [7, 11) is -3.09. The molecule has 0 aliphatic carbocycles. The molecule has 0 radical (unpaired) electrons. The zero-order chi connectivity index (χ0) is 12.4. The van der Waals surface area contributed by atoms with Crippen molar-refractivity contribution < 1.29 is 8.42 Å². The molecular weight excluding hydrogens is 224 g/mol. The number of hydrogen-bond acceptors (Lipinski definition) is 3. The van der Waals surface area contributed by atoms with Crippen LogP contribution < -0.4 is 4.72 Å². The van der Waals surface area contributed by atoms with E-state index in [-0.39, 0.29) is 10.7 Å². The molecule has 1 aliphatic heterocycles. The topological polar surface area (TPSA) is 49.4 Å². The Hall–Kier alpha value is -0.130. The van der Waals surface area contributed by atoms with Gasteiger partial charge in [0.15, 0.2) is 0 Å². The van der Waals surface area contributed by atoms with Crippen molar-refractivity contribution in [1.82, 2.24) is 9.62 Å². The van der Waals surface area contributed by atoms with Crippen LogP contribution in [0.15, 0.2) is 0 Å². The fraction of sp³-hybridized carbons (Fsp3) is 1.00. The summed E-state index contributed by atoms with van der Waals surface area (Å²) in [6.07, 6.45) is 0.755. The van der Waals surface area contributed by atoms with Gasteiger partial charge in [0.1, 0.15) is 0 Å². The standard InChI is InChI=1S/C11H24N2O2S/c1-5-12-16(14,15)10-6-7-13(8-10)9-11(2,3)4/h10,12H,5-9H2,1-4H3/t10-/m0/s1.